The van der Waals surface area contributed by atoms with Crippen molar-refractivity contribution >= 4 is 17.3 Å². The molecule has 0 saturated carbocycles. The number of hydrogen-bond donors (Lipinski definition) is 1. The van der Waals surface area contributed by atoms with Crippen LogP contribution in [0.4, 0.5) is 11.4 Å². The second-order valence-corrected chi connectivity index (χ2v) is 4.83. The Hall–Kier alpha value is -3.62. The molecule has 0 saturated heterocycles. The van der Waals surface area contributed by atoms with Crippen LogP contribution in [-0.4, -0.2) is 31.0 Å². The molecule has 0 atom stereocenters. The van der Waals surface area contributed by atoms with Crippen molar-refractivity contribution in [2.75, 3.05) is 5.32 Å². The fourth-order valence-electron chi connectivity index (χ4n) is 2.07. The molecule has 3 aromatic rings. The first-order chi connectivity index (χ1) is 11.6. The van der Waals surface area contributed by atoms with Crippen LogP contribution >= 0.6 is 0 Å². The first-order valence-electron chi connectivity index (χ1n) is 7.00. The van der Waals surface area contributed by atoms with Gasteiger partial charge in [0.15, 0.2) is 0 Å². The molecule has 9 nitrogen and oxygen atoms in total. The first kappa shape index (κ1) is 15.3. The van der Waals surface area contributed by atoms with E-state index < -0.39 is 10.8 Å². The fraction of sp³-hybridized carbons (Fsp3) is 0.0667. The summed E-state index contributed by atoms with van der Waals surface area (Å²) in [4.78, 5) is 23.5. The minimum Gasteiger partial charge on any atom is -0.319 e. The predicted molar refractivity (Wildman–Crippen MR) is 85.0 cm³/mol. The van der Waals surface area contributed by atoms with Crippen LogP contribution in [0.1, 0.15) is 0 Å². The number of anilines is 1. The van der Waals surface area contributed by atoms with Crippen molar-refractivity contribution in [1.29, 1.82) is 0 Å². The summed E-state index contributed by atoms with van der Waals surface area (Å²) in [5, 5.41) is 25.2. The summed E-state index contributed by atoms with van der Waals surface area (Å²) < 4.78 is 0. The van der Waals surface area contributed by atoms with Crippen LogP contribution in [-0.2, 0) is 11.3 Å². The summed E-state index contributed by atoms with van der Waals surface area (Å²) in [6.07, 6.45) is 0. The third kappa shape index (κ3) is 3.40. The van der Waals surface area contributed by atoms with E-state index in [0.29, 0.717) is 5.82 Å². The molecule has 0 spiro atoms. The number of tetrazole rings is 1. The number of aromatic nitrogens is 4. The Morgan fingerprint density at radius 3 is 2.58 bits per heavy atom. The van der Waals surface area contributed by atoms with Crippen molar-refractivity contribution in [2.24, 2.45) is 0 Å². The minimum absolute atomic E-state index is 0.121. The van der Waals surface area contributed by atoms with Crippen molar-refractivity contribution in [3.63, 3.8) is 0 Å². The molecular formula is C15H12N6O3. The Morgan fingerprint density at radius 1 is 1.12 bits per heavy atom. The van der Waals surface area contributed by atoms with E-state index in [4.69, 9.17) is 0 Å². The average molecular weight is 324 g/mol. The topological polar surface area (TPSA) is 116 Å². The smallest absolute Gasteiger partial charge is 0.292 e. The Balaban J connectivity index is 1.70. The maximum absolute atomic E-state index is 12.0. The van der Waals surface area contributed by atoms with E-state index in [9.17, 15) is 14.9 Å². The van der Waals surface area contributed by atoms with Crippen LogP contribution in [0.25, 0.3) is 11.4 Å². The van der Waals surface area contributed by atoms with E-state index >= 15 is 0 Å². The van der Waals surface area contributed by atoms with Gasteiger partial charge in [-0.1, -0.05) is 42.5 Å². The maximum atomic E-state index is 12.0. The van der Waals surface area contributed by atoms with Crippen LogP contribution in [0.2, 0.25) is 0 Å². The highest BCUT2D eigenvalue weighted by molar-refractivity contribution is 5.92. The second-order valence-electron chi connectivity index (χ2n) is 4.83. The summed E-state index contributed by atoms with van der Waals surface area (Å²) in [6, 6.07) is 15.1. The van der Waals surface area contributed by atoms with Crippen molar-refractivity contribution in [2.45, 2.75) is 6.54 Å². The fourth-order valence-corrected chi connectivity index (χ4v) is 2.07. The Kier molecular flexibility index (Phi) is 4.23. The molecule has 0 bridgehead atoms. The van der Waals surface area contributed by atoms with Gasteiger partial charge in [0.2, 0.25) is 11.7 Å². The zero-order chi connectivity index (χ0) is 16.9. The molecule has 1 amide bonds. The van der Waals surface area contributed by atoms with Gasteiger partial charge in [-0.3, -0.25) is 14.9 Å². The molecule has 1 heterocycles. The monoisotopic (exact) mass is 324 g/mol. The van der Waals surface area contributed by atoms with E-state index in [-0.39, 0.29) is 17.9 Å². The summed E-state index contributed by atoms with van der Waals surface area (Å²) in [6.45, 7) is -0.202. The van der Waals surface area contributed by atoms with Gasteiger partial charge < -0.3 is 5.32 Å². The number of hydrogen-bond acceptors (Lipinski definition) is 6. The SMILES string of the molecule is O=C(Cn1nnc(-c2ccccc2)n1)Nc1ccccc1[N+](=O)[O-]. The van der Waals surface area contributed by atoms with Gasteiger partial charge in [-0.15, -0.1) is 10.2 Å². The highest BCUT2D eigenvalue weighted by Gasteiger charge is 2.16. The lowest BCUT2D eigenvalue weighted by Gasteiger charge is -2.04. The van der Waals surface area contributed by atoms with Gasteiger partial charge in [-0.05, 0) is 11.3 Å². The Morgan fingerprint density at radius 2 is 1.83 bits per heavy atom. The largest absolute Gasteiger partial charge is 0.319 e. The molecule has 0 aliphatic carbocycles. The van der Waals surface area contributed by atoms with E-state index in [1.54, 1.807) is 6.07 Å². The summed E-state index contributed by atoms with van der Waals surface area (Å²) in [5.41, 5.74) is 0.723. The van der Waals surface area contributed by atoms with E-state index in [1.807, 2.05) is 30.3 Å². The molecule has 2 aromatic carbocycles. The average Bonchev–Trinajstić information content (AvgIpc) is 3.04. The number of nitro groups is 1. The van der Waals surface area contributed by atoms with Gasteiger partial charge in [0, 0.05) is 11.6 Å². The molecule has 0 radical (unpaired) electrons. The molecule has 0 unspecified atom stereocenters. The molecular weight excluding hydrogens is 312 g/mol. The number of nitrogens with one attached hydrogen (secondary N) is 1. The van der Waals surface area contributed by atoms with Crippen LogP contribution in [0.3, 0.4) is 0 Å². The van der Waals surface area contributed by atoms with Crippen LogP contribution in [0, 0.1) is 10.1 Å². The standard InChI is InChI=1S/C15H12N6O3/c22-14(16-12-8-4-5-9-13(12)21(23)24)10-20-18-15(17-19-20)11-6-2-1-3-7-11/h1-9H,10H2,(H,16,22). The van der Waals surface area contributed by atoms with Crippen LogP contribution in [0.5, 0.6) is 0 Å². The molecule has 120 valence electrons. The lowest BCUT2D eigenvalue weighted by molar-refractivity contribution is -0.383. The highest BCUT2D eigenvalue weighted by Crippen LogP contribution is 2.23. The Labute approximate surface area is 136 Å². The van der Waals surface area contributed by atoms with Crippen molar-refractivity contribution in [1.82, 2.24) is 20.2 Å². The lowest BCUT2D eigenvalue weighted by atomic mass is 10.2. The van der Waals surface area contributed by atoms with Gasteiger partial charge in [0.05, 0.1) is 4.92 Å². The molecule has 0 fully saturated rings. The van der Waals surface area contributed by atoms with Gasteiger partial charge in [0.1, 0.15) is 12.2 Å². The number of para-hydroxylation sites is 2. The summed E-state index contributed by atoms with van der Waals surface area (Å²) >= 11 is 0. The lowest BCUT2D eigenvalue weighted by Crippen LogP contribution is -2.21. The molecule has 0 aliphatic rings. The molecule has 9 heteroatoms. The number of carbonyl (C=O) groups excluding carboxylic acids is 1. The highest BCUT2D eigenvalue weighted by atomic mass is 16.6. The molecule has 0 aliphatic heterocycles. The maximum Gasteiger partial charge on any atom is 0.292 e. The third-order valence-electron chi connectivity index (χ3n) is 3.14. The van der Waals surface area contributed by atoms with Gasteiger partial charge in [0.25, 0.3) is 5.69 Å². The first-order valence-corrected chi connectivity index (χ1v) is 7.00. The zero-order valence-electron chi connectivity index (χ0n) is 12.4. The van der Waals surface area contributed by atoms with E-state index in [0.717, 1.165) is 10.4 Å². The van der Waals surface area contributed by atoms with Gasteiger partial charge >= 0.3 is 0 Å². The molecule has 1 N–H and O–H groups in total. The quantitative estimate of drug-likeness (QED) is 0.566. The minimum atomic E-state index is -0.559. The third-order valence-corrected chi connectivity index (χ3v) is 3.14. The zero-order valence-corrected chi connectivity index (χ0v) is 12.4. The van der Waals surface area contributed by atoms with Crippen LogP contribution in [0.15, 0.2) is 54.6 Å². The number of amides is 1. The van der Waals surface area contributed by atoms with Crippen molar-refractivity contribution in [3.8, 4) is 11.4 Å². The Bertz CT molecular complexity index is 878. The normalized spacial score (nSPS) is 10.3. The molecule has 3 rings (SSSR count). The number of carbonyl (C=O) groups is 1. The van der Waals surface area contributed by atoms with E-state index in [2.05, 4.69) is 20.7 Å². The van der Waals surface area contributed by atoms with Crippen molar-refractivity contribution in [3.05, 3.63) is 64.7 Å². The van der Waals surface area contributed by atoms with Gasteiger partial charge in [-0.25, -0.2) is 0 Å². The van der Waals surface area contributed by atoms with E-state index in [1.165, 1.54) is 18.2 Å². The van der Waals surface area contributed by atoms with Gasteiger partial charge in [-0.2, -0.15) is 4.80 Å². The second kappa shape index (κ2) is 6.65. The number of nitrogens with zero attached hydrogens (tertiary/aromatic N) is 5. The van der Waals surface area contributed by atoms with Crippen LogP contribution < -0.4 is 5.32 Å². The number of benzene rings is 2. The molecule has 1 aromatic heterocycles. The van der Waals surface area contributed by atoms with Crippen molar-refractivity contribution < 1.29 is 9.72 Å². The summed E-state index contributed by atoms with van der Waals surface area (Å²) in [7, 11) is 0. The molecule has 24 heavy (non-hydrogen) atoms. The number of rotatable bonds is 5. The predicted octanol–water partition coefficient (Wildman–Crippen LogP) is 1.89. The number of nitro benzene ring substituents is 1. The summed E-state index contributed by atoms with van der Waals surface area (Å²) in [5.74, 6) is -0.0876.